The lowest BCUT2D eigenvalue weighted by Crippen LogP contribution is -2.51. The predicted octanol–water partition coefficient (Wildman–Crippen LogP) is 6.84. The molecular formula is C23H22F7NO. The van der Waals surface area contributed by atoms with Gasteiger partial charge in [-0.25, -0.2) is 4.39 Å². The van der Waals surface area contributed by atoms with Crippen LogP contribution >= 0.6 is 0 Å². The van der Waals surface area contributed by atoms with E-state index >= 15 is 0 Å². The normalized spacial score (nSPS) is 15.2. The molecule has 174 valence electrons. The first-order valence-corrected chi connectivity index (χ1v) is 9.76. The Labute approximate surface area is 180 Å². The molecule has 0 aliphatic heterocycles. The first kappa shape index (κ1) is 24.1. The predicted molar refractivity (Wildman–Crippen MR) is 107 cm³/mol. The van der Waals surface area contributed by atoms with Crippen molar-refractivity contribution in [1.82, 2.24) is 4.98 Å². The first-order valence-electron chi connectivity index (χ1n) is 9.76. The second kappa shape index (κ2) is 7.79. The van der Waals surface area contributed by atoms with Crippen LogP contribution in [-0.2, 0) is 18.0 Å². The number of nitrogens with one attached hydrogen (secondary N) is 1. The largest absolute Gasteiger partial charge is 0.417 e. The number of aromatic amines is 1. The van der Waals surface area contributed by atoms with Gasteiger partial charge >= 0.3 is 12.4 Å². The molecule has 0 saturated heterocycles. The van der Waals surface area contributed by atoms with Crippen LogP contribution in [0.15, 0.2) is 42.5 Å². The third-order valence-electron chi connectivity index (χ3n) is 5.68. The molecule has 1 aromatic heterocycles. The smallest absolute Gasteiger partial charge is 0.380 e. The quantitative estimate of drug-likeness (QED) is 0.401. The molecule has 9 heteroatoms. The summed E-state index contributed by atoms with van der Waals surface area (Å²) in [6.07, 6.45) is -11.3. The van der Waals surface area contributed by atoms with E-state index in [2.05, 4.69) is 4.98 Å². The Bertz CT molecular complexity index is 1130. The van der Waals surface area contributed by atoms with Crippen molar-refractivity contribution in [3.63, 3.8) is 0 Å². The van der Waals surface area contributed by atoms with E-state index in [1.807, 2.05) is 0 Å². The molecule has 0 fully saturated rings. The molecule has 1 unspecified atom stereocenters. The minimum absolute atomic E-state index is 0.0640. The highest BCUT2D eigenvalue weighted by Gasteiger charge is 2.56. The maximum Gasteiger partial charge on any atom is 0.417 e. The molecule has 0 aliphatic rings. The van der Waals surface area contributed by atoms with Crippen LogP contribution in [0.3, 0.4) is 0 Å². The van der Waals surface area contributed by atoms with Crippen LogP contribution in [0.2, 0.25) is 0 Å². The standard InChI is InChI=1S/C23H22F7NO/c1-13-4-6-16(24)10-18(13)20(2,3)12-21(32,23(28,29)30)11-17-9-14-8-15(22(25,26)27)5-7-19(14)31-17/h4-10,31-32H,11-12H2,1-3H3. The highest BCUT2D eigenvalue weighted by atomic mass is 19.4. The van der Waals surface area contributed by atoms with Crippen LogP contribution in [0, 0.1) is 12.7 Å². The van der Waals surface area contributed by atoms with E-state index in [1.165, 1.54) is 32.0 Å². The van der Waals surface area contributed by atoms with E-state index in [-0.39, 0.29) is 16.6 Å². The van der Waals surface area contributed by atoms with Gasteiger partial charge in [0, 0.05) is 23.0 Å². The van der Waals surface area contributed by atoms with Gasteiger partial charge in [0.25, 0.3) is 0 Å². The maximum absolute atomic E-state index is 14.0. The summed E-state index contributed by atoms with van der Waals surface area (Å²) in [6, 6.07) is 7.76. The zero-order chi connectivity index (χ0) is 24.1. The summed E-state index contributed by atoms with van der Waals surface area (Å²) in [5.41, 5.74) is -4.33. The minimum atomic E-state index is -5.04. The van der Waals surface area contributed by atoms with E-state index < -0.39 is 47.6 Å². The van der Waals surface area contributed by atoms with E-state index in [4.69, 9.17) is 0 Å². The lowest BCUT2D eigenvalue weighted by atomic mass is 9.72. The van der Waals surface area contributed by atoms with Crippen LogP contribution in [0.1, 0.15) is 42.7 Å². The van der Waals surface area contributed by atoms with Crippen molar-refractivity contribution in [3.05, 3.63) is 70.7 Å². The number of halogens is 7. The minimum Gasteiger partial charge on any atom is -0.380 e. The summed E-state index contributed by atoms with van der Waals surface area (Å²) in [5.74, 6) is -0.606. The first-order chi connectivity index (χ1) is 14.5. The highest BCUT2D eigenvalue weighted by molar-refractivity contribution is 5.81. The molecule has 0 aliphatic carbocycles. The van der Waals surface area contributed by atoms with Gasteiger partial charge in [-0.15, -0.1) is 0 Å². The molecule has 32 heavy (non-hydrogen) atoms. The Morgan fingerprint density at radius 3 is 2.16 bits per heavy atom. The molecule has 0 saturated carbocycles. The molecule has 1 heterocycles. The van der Waals surface area contributed by atoms with Crippen molar-refractivity contribution in [3.8, 4) is 0 Å². The van der Waals surface area contributed by atoms with E-state index in [9.17, 15) is 35.8 Å². The molecule has 3 aromatic rings. The van der Waals surface area contributed by atoms with Gasteiger partial charge in [-0.3, -0.25) is 0 Å². The number of aryl methyl sites for hydroxylation is 1. The number of aromatic nitrogens is 1. The highest BCUT2D eigenvalue weighted by Crippen LogP contribution is 2.44. The van der Waals surface area contributed by atoms with Crippen LogP contribution < -0.4 is 0 Å². The van der Waals surface area contributed by atoms with Crippen molar-refractivity contribution < 1.29 is 35.8 Å². The van der Waals surface area contributed by atoms with Crippen molar-refractivity contribution >= 4 is 10.9 Å². The summed E-state index contributed by atoms with van der Waals surface area (Å²) in [6.45, 7) is 4.59. The van der Waals surface area contributed by atoms with Gasteiger partial charge in [-0.05, 0) is 66.3 Å². The van der Waals surface area contributed by atoms with Crippen molar-refractivity contribution in [2.45, 2.75) is 57.0 Å². The molecular weight excluding hydrogens is 439 g/mol. The number of hydrogen-bond donors (Lipinski definition) is 2. The number of hydrogen-bond acceptors (Lipinski definition) is 1. The Hall–Kier alpha value is -2.55. The third kappa shape index (κ3) is 4.77. The lowest BCUT2D eigenvalue weighted by molar-refractivity contribution is -0.266. The number of rotatable bonds is 5. The number of benzene rings is 2. The summed E-state index contributed by atoms with van der Waals surface area (Å²) in [5, 5.41) is 10.8. The fourth-order valence-electron chi connectivity index (χ4n) is 4.19. The molecule has 2 nitrogen and oxygen atoms in total. The Morgan fingerprint density at radius 2 is 1.56 bits per heavy atom. The summed E-state index contributed by atoms with van der Waals surface area (Å²) in [4.78, 5) is 2.66. The fraction of sp³-hybridized carbons (Fsp3) is 0.391. The number of alkyl halides is 6. The average Bonchev–Trinajstić information content (AvgIpc) is 3.02. The summed E-state index contributed by atoms with van der Waals surface area (Å²) >= 11 is 0. The van der Waals surface area contributed by atoms with E-state index in [0.717, 1.165) is 24.3 Å². The van der Waals surface area contributed by atoms with Gasteiger partial charge in [-0.1, -0.05) is 19.9 Å². The Balaban J connectivity index is 1.98. The monoisotopic (exact) mass is 461 g/mol. The Morgan fingerprint density at radius 1 is 0.906 bits per heavy atom. The lowest BCUT2D eigenvalue weighted by Gasteiger charge is -2.38. The van der Waals surface area contributed by atoms with Crippen LogP contribution in [0.5, 0.6) is 0 Å². The molecule has 0 spiro atoms. The van der Waals surface area contributed by atoms with Gasteiger partial charge in [-0.2, -0.15) is 26.3 Å². The van der Waals surface area contributed by atoms with Crippen LogP contribution in [0.4, 0.5) is 30.7 Å². The SMILES string of the molecule is Cc1ccc(F)cc1C(C)(C)CC(O)(Cc1cc2cc(C(F)(F)F)ccc2[nH]1)C(F)(F)F. The van der Waals surface area contributed by atoms with Gasteiger partial charge in [0.15, 0.2) is 5.60 Å². The van der Waals surface area contributed by atoms with Gasteiger partial charge in [0.05, 0.1) is 5.56 Å². The van der Waals surface area contributed by atoms with Crippen LogP contribution in [-0.4, -0.2) is 21.9 Å². The zero-order valence-electron chi connectivity index (χ0n) is 17.5. The van der Waals surface area contributed by atoms with Gasteiger partial charge in [0.2, 0.25) is 0 Å². The van der Waals surface area contributed by atoms with Crippen molar-refractivity contribution in [2.24, 2.45) is 0 Å². The summed E-state index contributed by atoms with van der Waals surface area (Å²) < 4.78 is 94.6. The van der Waals surface area contributed by atoms with Crippen molar-refractivity contribution in [2.75, 3.05) is 0 Å². The molecule has 2 aromatic carbocycles. The van der Waals surface area contributed by atoms with Gasteiger partial charge in [0.1, 0.15) is 5.82 Å². The average molecular weight is 461 g/mol. The van der Waals surface area contributed by atoms with Crippen LogP contribution in [0.25, 0.3) is 10.9 Å². The zero-order valence-corrected chi connectivity index (χ0v) is 17.5. The maximum atomic E-state index is 14.0. The van der Waals surface area contributed by atoms with Crippen molar-refractivity contribution in [1.29, 1.82) is 0 Å². The topological polar surface area (TPSA) is 36.0 Å². The summed E-state index contributed by atoms with van der Waals surface area (Å²) in [7, 11) is 0. The number of fused-ring (bicyclic) bond motifs is 1. The molecule has 0 bridgehead atoms. The number of aliphatic hydroxyl groups is 1. The molecule has 0 radical (unpaired) electrons. The fourth-order valence-corrected chi connectivity index (χ4v) is 4.19. The second-order valence-corrected chi connectivity index (χ2v) is 8.82. The molecule has 1 atom stereocenters. The molecule has 3 rings (SSSR count). The van der Waals surface area contributed by atoms with E-state index in [0.29, 0.717) is 11.1 Å². The molecule has 2 N–H and O–H groups in total. The Kier molecular flexibility index (Phi) is 5.87. The van der Waals surface area contributed by atoms with Gasteiger partial charge < -0.3 is 10.1 Å². The second-order valence-electron chi connectivity index (χ2n) is 8.82. The molecule has 0 amide bonds. The number of H-pyrrole nitrogens is 1. The third-order valence-corrected chi connectivity index (χ3v) is 5.68. The van der Waals surface area contributed by atoms with E-state index in [1.54, 1.807) is 6.92 Å².